The van der Waals surface area contributed by atoms with Crippen LogP contribution in [-0.4, -0.2) is 40.1 Å². The average Bonchev–Trinajstić information content (AvgIpc) is 2.37. The maximum absolute atomic E-state index is 9.60. The van der Waals surface area contributed by atoms with Gasteiger partial charge in [-0.2, -0.15) is 0 Å². The lowest BCUT2D eigenvalue weighted by Crippen LogP contribution is -2.36. The maximum atomic E-state index is 9.60. The first-order valence-corrected chi connectivity index (χ1v) is 6.76. The zero-order valence-electron chi connectivity index (χ0n) is 12.0. The smallest absolute Gasteiger partial charge is 0.183 e. The molecular formula is C15H24O5. The fourth-order valence-corrected chi connectivity index (χ4v) is 1.65. The van der Waals surface area contributed by atoms with Gasteiger partial charge in [0.1, 0.15) is 6.10 Å². The van der Waals surface area contributed by atoms with Gasteiger partial charge in [0.2, 0.25) is 0 Å². The van der Waals surface area contributed by atoms with Crippen LogP contribution >= 0.6 is 0 Å². The van der Waals surface area contributed by atoms with E-state index in [0.717, 1.165) is 18.4 Å². The highest BCUT2D eigenvalue weighted by molar-refractivity contribution is 5.13. The molecule has 114 valence electrons. The predicted molar refractivity (Wildman–Crippen MR) is 74.7 cm³/mol. The molecule has 2 rings (SSSR count). The molecule has 3 N–H and O–H groups in total. The molecule has 1 aromatic carbocycles. The van der Waals surface area contributed by atoms with Crippen LogP contribution in [0.2, 0.25) is 0 Å². The Balaban J connectivity index is 0.000000347. The summed E-state index contributed by atoms with van der Waals surface area (Å²) in [7, 11) is 0. The standard InChI is InChI=1S/C12H16O3.C3H8O2/c13-11-7-4-8-14-12(11)15-9-10-5-2-1-3-6-10;1-3(2,4)5/h1-3,5-6,11-13H,4,7-9H2;4-5H,1-2H3. The molecule has 0 radical (unpaired) electrons. The topological polar surface area (TPSA) is 79.2 Å². The van der Waals surface area contributed by atoms with Gasteiger partial charge in [0.25, 0.3) is 0 Å². The van der Waals surface area contributed by atoms with Crippen molar-refractivity contribution in [2.45, 2.75) is 51.5 Å². The van der Waals surface area contributed by atoms with Gasteiger partial charge < -0.3 is 24.8 Å². The van der Waals surface area contributed by atoms with E-state index >= 15 is 0 Å². The van der Waals surface area contributed by atoms with Crippen molar-refractivity contribution in [2.75, 3.05) is 6.61 Å². The van der Waals surface area contributed by atoms with Crippen LogP contribution in [-0.2, 0) is 16.1 Å². The molecule has 20 heavy (non-hydrogen) atoms. The highest BCUT2D eigenvalue weighted by Crippen LogP contribution is 2.16. The van der Waals surface area contributed by atoms with Crippen molar-refractivity contribution in [3.05, 3.63) is 35.9 Å². The molecule has 0 aliphatic carbocycles. The van der Waals surface area contributed by atoms with Crippen molar-refractivity contribution in [1.29, 1.82) is 0 Å². The first kappa shape index (κ1) is 17.1. The molecule has 0 aromatic heterocycles. The molecule has 0 bridgehead atoms. The minimum Gasteiger partial charge on any atom is -0.388 e. The van der Waals surface area contributed by atoms with Crippen LogP contribution < -0.4 is 0 Å². The van der Waals surface area contributed by atoms with Crippen LogP contribution in [0.4, 0.5) is 0 Å². The van der Waals surface area contributed by atoms with E-state index in [1.807, 2.05) is 30.3 Å². The summed E-state index contributed by atoms with van der Waals surface area (Å²) in [5.41, 5.74) is 1.10. The molecule has 1 fully saturated rings. The Kier molecular flexibility index (Phi) is 7.12. The lowest BCUT2D eigenvalue weighted by Gasteiger charge is -2.27. The molecule has 2 unspecified atom stereocenters. The molecule has 0 saturated carbocycles. The van der Waals surface area contributed by atoms with Gasteiger partial charge in [-0.25, -0.2) is 0 Å². The molecule has 1 aliphatic rings. The van der Waals surface area contributed by atoms with E-state index in [9.17, 15) is 5.11 Å². The zero-order chi connectivity index (χ0) is 15.0. The summed E-state index contributed by atoms with van der Waals surface area (Å²) in [6.45, 7) is 3.76. The van der Waals surface area contributed by atoms with Crippen LogP contribution in [0.1, 0.15) is 32.3 Å². The third-order valence-corrected chi connectivity index (χ3v) is 2.50. The normalized spacial score (nSPS) is 22.9. The SMILES string of the molecule is CC(C)(O)O.OC1CCCOC1OCc1ccccc1. The van der Waals surface area contributed by atoms with Crippen LogP contribution in [0.25, 0.3) is 0 Å². The summed E-state index contributed by atoms with van der Waals surface area (Å²) in [6, 6.07) is 9.90. The average molecular weight is 284 g/mol. The van der Waals surface area contributed by atoms with Gasteiger partial charge in [0, 0.05) is 6.61 Å². The van der Waals surface area contributed by atoms with E-state index in [4.69, 9.17) is 19.7 Å². The van der Waals surface area contributed by atoms with Crippen molar-refractivity contribution in [2.24, 2.45) is 0 Å². The van der Waals surface area contributed by atoms with Gasteiger partial charge in [-0.15, -0.1) is 0 Å². The summed E-state index contributed by atoms with van der Waals surface area (Å²) in [5, 5.41) is 25.7. The lowest BCUT2D eigenvalue weighted by molar-refractivity contribution is -0.219. The number of hydrogen-bond donors (Lipinski definition) is 3. The molecule has 1 saturated heterocycles. The Morgan fingerprint density at radius 2 is 1.85 bits per heavy atom. The summed E-state index contributed by atoms with van der Waals surface area (Å²) < 4.78 is 10.8. The molecule has 1 heterocycles. The van der Waals surface area contributed by atoms with Crippen LogP contribution in [0.15, 0.2) is 30.3 Å². The predicted octanol–water partition coefficient (Wildman–Crippen LogP) is 1.41. The Hall–Kier alpha value is -0.980. The minimum absolute atomic E-state index is 0.459. The van der Waals surface area contributed by atoms with E-state index in [2.05, 4.69) is 0 Å². The molecular weight excluding hydrogens is 260 g/mol. The largest absolute Gasteiger partial charge is 0.388 e. The number of benzene rings is 1. The molecule has 0 spiro atoms. The molecule has 0 amide bonds. The van der Waals surface area contributed by atoms with E-state index in [0.29, 0.717) is 13.2 Å². The van der Waals surface area contributed by atoms with E-state index in [-0.39, 0.29) is 0 Å². The minimum atomic E-state index is -1.50. The molecule has 2 atom stereocenters. The van der Waals surface area contributed by atoms with E-state index in [1.165, 1.54) is 13.8 Å². The van der Waals surface area contributed by atoms with Gasteiger partial charge in [-0.3, -0.25) is 0 Å². The Morgan fingerprint density at radius 1 is 1.25 bits per heavy atom. The molecule has 1 aromatic rings. The molecule has 5 nitrogen and oxygen atoms in total. The Bertz CT molecular complexity index is 354. The van der Waals surface area contributed by atoms with Crippen molar-refractivity contribution < 1.29 is 24.8 Å². The Labute approximate surface area is 119 Å². The molecule has 5 heteroatoms. The number of aliphatic hydroxyl groups excluding tert-OH is 1. The second-order valence-electron chi connectivity index (χ2n) is 5.24. The van der Waals surface area contributed by atoms with E-state index in [1.54, 1.807) is 0 Å². The lowest BCUT2D eigenvalue weighted by atomic mass is 10.1. The van der Waals surface area contributed by atoms with E-state index < -0.39 is 18.2 Å². The van der Waals surface area contributed by atoms with Crippen molar-refractivity contribution in [3.63, 3.8) is 0 Å². The van der Waals surface area contributed by atoms with Gasteiger partial charge in [0.05, 0.1) is 6.61 Å². The fraction of sp³-hybridized carbons (Fsp3) is 0.600. The van der Waals surface area contributed by atoms with Gasteiger partial charge >= 0.3 is 0 Å². The number of rotatable bonds is 3. The van der Waals surface area contributed by atoms with Crippen molar-refractivity contribution >= 4 is 0 Å². The highest BCUT2D eigenvalue weighted by Gasteiger charge is 2.24. The van der Waals surface area contributed by atoms with Crippen LogP contribution in [0.3, 0.4) is 0 Å². The molecule has 1 aliphatic heterocycles. The van der Waals surface area contributed by atoms with Gasteiger partial charge in [-0.05, 0) is 32.3 Å². The zero-order valence-corrected chi connectivity index (χ0v) is 12.0. The summed E-state index contributed by atoms with van der Waals surface area (Å²) in [4.78, 5) is 0. The Morgan fingerprint density at radius 3 is 2.40 bits per heavy atom. The van der Waals surface area contributed by atoms with Gasteiger partial charge in [0.15, 0.2) is 12.1 Å². The van der Waals surface area contributed by atoms with Crippen molar-refractivity contribution in [3.8, 4) is 0 Å². The first-order chi connectivity index (χ1) is 9.36. The summed E-state index contributed by atoms with van der Waals surface area (Å²) in [6.07, 6.45) is 0.729. The van der Waals surface area contributed by atoms with Crippen molar-refractivity contribution in [1.82, 2.24) is 0 Å². The first-order valence-electron chi connectivity index (χ1n) is 6.76. The number of hydrogen-bond acceptors (Lipinski definition) is 5. The second-order valence-corrected chi connectivity index (χ2v) is 5.24. The quantitative estimate of drug-likeness (QED) is 0.731. The maximum Gasteiger partial charge on any atom is 0.183 e. The summed E-state index contributed by atoms with van der Waals surface area (Å²) in [5.74, 6) is -1.50. The third-order valence-electron chi connectivity index (χ3n) is 2.50. The third kappa shape index (κ3) is 8.24. The van der Waals surface area contributed by atoms with Crippen LogP contribution in [0, 0.1) is 0 Å². The fourth-order valence-electron chi connectivity index (χ4n) is 1.65. The highest BCUT2D eigenvalue weighted by atomic mass is 16.7. The number of ether oxygens (including phenoxy) is 2. The second kappa shape index (κ2) is 8.34. The summed E-state index contributed by atoms with van der Waals surface area (Å²) >= 11 is 0. The monoisotopic (exact) mass is 284 g/mol. The number of aliphatic hydroxyl groups is 3. The van der Waals surface area contributed by atoms with Crippen LogP contribution in [0.5, 0.6) is 0 Å². The van der Waals surface area contributed by atoms with Gasteiger partial charge in [-0.1, -0.05) is 30.3 Å².